The Morgan fingerprint density at radius 2 is 2.29 bits per heavy atom. The van der Waals surface area contributed by atoms with E-state index in [-0.39, 0.29) is 0 Å². The van der Waals surface area contributed by atoms with E-state index in [4.69, 9.17) is 4.84 Å². The monoisotopic (exact) mass is 192 g/mol. The van der Waals surface area contributed by atoms with Crippen LogP contribution in [0.3, 0.4) is 0 Å². The summed E-state index contributed by atoms with van der Waals surface area (Å²) >= 11 is 0. The second kappa shape index (κ2) is 5.08. The number of hydrogen-bond donors (Lipinski definition) is 1. The molecule has 1 aromatic heterocycles. The van der Waals surface area contributed by atoms with Gasteiger partial charge in [-0.15, -0.1) is 0 Å². The number of nitrogens with zero attached hydrogens (tertiary/aromatic N) is 1. The number of hydroxylamine groups is 1. The van der Waals surface area contributed by atoms with E-state index in [0.717, 1.165) is 12.1 Å². The van der Waals surface area contributed by atoms with Crippen LogP contribution in [0.1, 0.15) is 31.2 Å². The minimum absolute atomic E-state index is 0.423. The van der Waals surface area contributed by atoms with Crippen LogP contribution in [0.4, 0.5) is 0 Å². The highest BCUT2D eigenvalue weighted by molar-refractivity contribution is 5.07. The van der Waals surface area contributed by atoms with Gasteiger partial charge in [-0.1, -0.05) is 18.9 Å². The summed E-state index contributed by atoms with van der Waals surface area (Å²) in [6.07, 6.45) is 9.05. The lowest BCUT2D eigenvalue weighted by molar-refractivity contribution is -0.0244. The molecule has 1 N–H and O–H groups in total. The van der Waals surface area contributed by atoms with Gasteiger partial charge in [0.25, 0.3) is 0 Å². The first-order chi connectivity index (χ1) is 6.95. The maximum Gasteiger partial charge on any atom is 0.0790 e. The quantitative estimate of drug-likeness (QED) is 0.741. The topological polar surface area (TPSA) is 34.2 Å². The molecule has 0 spiro atoms. The van der Waals surface area contributed by atoms with Crippen LogP contribution in [0.15, 0.2) is 24.5 Å². The van der Waals surface area contributed by atoms with Crippen LogP contribution in [0.2, 0.25) is 0 Å². The standard InChI is InChI=1S/C11H16N2O/c1-2-6-11(5-1)14-13-9-10-4-3-7-12-8-10/h3-4,7-8,11,13H,1-2,5-6,9H2. The molecule has 0 radical (unpaired) electrons. The van der Waals surface area contributed by atoms with Crippen molar-refractivity contribution in [3.63, 3.8) is 0 Å². The van der Waals surface area contributed by atoms with Crippen molar-refractivity contribution in [2.45, 2.75) is 38.3 Å². The second-order valence-electron chi connectivity index (χ2n) is 3.71. The summed E-state index contributed by atoms with van der Waals surface area (Å²) in [6, 6.07) is 3.98. The lowest BCUT2D eigenvalue weighted by atomic mass is 10.3. The van der Waals surface area contributed by atoms with Gasteiger partial charge in [0.15, 0.2) is 0 Å². The third-order valence-electron chi connectivity index (χ3n) is 2.55. The molecule has 0 aliphatic heterocycles. The summed E-state index contributed by atoms with van der Waals surface area (Å²) in [5, 5.41) is 0. The van der Waals surface area contributed by atoms with Gasteiger partial charge in [0, 0.05) is 18.9 Å². The molecule has 1 aliphatic rings. The first-order valence-electron chi connectivity index (χ1n) is 5.22. The van der Waals surface area contributed by atoms with Gasteiger partial charge in [-0.25, -0.2) is 0 Å². The van der Waals surface area contributed by atoms with E-state index in [0.29, 0.717) is 6.10 Å². The molecule has 1 saturated carbocycles. The summed E-state index contributed by atoms with van der Waals surface area (Å²) in [5.74, 6) is 0. The molecule has 3 heteroatoms. The minimum atomic E-state index is 0.423. The lowest BCUT2D eigenvalue weighted by Crippen LogP contribution is -2.21. The average Bonchev–Trinajstić information content (AvgIpc) is 2.72. The number of rotatable bonds is 4. The maximum atomic E-state index is 5.53. The molecule has 2 rings (SSSR count). The molecule has 14 heavy (non-hydrogen) atoms. The molecule has 1 aliphatic carbocycles. The second-order valence-corrected chi connectivity index (χ2v) is 3.71. The highest BCUT2D eigenvalue weighted by atomic mass is 16.7. The molecule has 3 nitrogen and oxygen atoms in total. The molecule has 1 aromatic rings. The highest BCUT2D eigenvalue weighted by Crippen LogP contribution is 2.19. The number of hydrogen-bond acceptors (Lipinski definition) is 3. The molecule has 1 fully saturated rings. The van der Waals surface area contributed by atoms with Crippen LogP contribution in [-0.2, 0) is 11.4 Å². The fraction of sp³-hybridized carbons (Fsp3) is 0.545. The summed E-state index contributed by atoms with van der Waals surface area (Å²) in [7, 11) is 0. The molecular formula is C11H16N2O. The molecule has 76 valence electrons. The van der Waals surface area contributed by atoms with Crippen LogP contribution in [0, 0.1) is 0 Å². The molecule has 0 aromatic carbocycles. The zero-order valence-electron chi connectivity index (χ0n) is 8.28. The Hall–Kier alpha value is -0.930. The average molecular weight is 192 g/mol. The SMILES string of the molecule is c1cncc(CNOC2CCCC2)c1. The van der Waals surface area contributed by atoms with Crippen molar-refractivity contribution < 1.29 is 4.84 Å². The van der Waals surface area contributed by atoms with E-state index in [1.807, 2.05) is 18.3 Å². The molecular weight excluding hydrogens is 176 g/mol. The van der Waals surface area contributed by atoms with Gasteiger partial charge in [-0.05, 0) is 24.5 Å². The third-order valence-corrected chi connectivity index (χ3v) is 2.55. The predicted octanol–water partition coefficient (Wildman–Crippen LogP) is 2.05. The summed E-state index contributed by atoms with van der Waals surface area (Å²) in [6.45, 7) is 0.740. The number of pyridine rings is 1. The van der Waals surface area contributed by atoms with Gasteiger partial charge in [0.1, 0.15) is 0 Å². The molecule has 0 amide bonds. The van der Waals surface area contributed by atoms with E-state index in [2.05, 4.69) is 10.5 Å². The normalized spacial score (nSPS) is 17.4. The van der Waals surface area contributed by atoms with Crippen molar-refractivity contribution in [2.24, 2.45) is 0 Å². The van der Waals surface area contributed by atoms with E-state index in [1.54, 1.807) is 6.20 Å². The van der Waals surface area contributed by atoms with E-state index < -0.39 is 0 Å². The Balaban J connectivity index is 1.67. The zero-order valence-corrected chi connectivity index (χ0v) is 8.28. The van der Waals surface area contributed by atoms with Crippen molar-refractivity contribution in [2.75, 3.05) is 0 Å². The Morgan fingerprint density at radius 1 is 1.43 bits per heavy atom. The first kappa shape index (κ1) is 9.62. The van der Waals surface area contributed by atoms with E-state index in [1.165, 1.54) is 25.7 Å². The number of nitrogens with one attached hydrogen (secondary N) is 1. The molecule has 0 saturated heterocycles. The maximum absolute atomic E-state index is 5.53. The Bertz CT molecular complexity index is 257. The predicted molar refractivity (Wildman–Crippen MR) is 54.4 cm³/mol. The van der Waals surface area contributed by atoms with Crippen LogP contribution in [-0.4, -0.2) is 11.1 Å². The third kappa shape index (κ3) is 2.79. The highest BCUT2D eigenvalue weighted by Gasteiger charge is 2.14. The lowest BCUT2D eigenvalue weighted by Gasteiger charge is -2.11. The fourth-order valence-corrected chi connectivity index (χ4v) is 1.75. The fourth-order valence-electron chi connectivity index (χ4n) is 1.75. The van der Waals surface area contributed by atoms with Gasteiger partial charge in [0.05, 0.1) is 6.10 Å². The Morgan fingerprint density at radius 3 is 3.00 bits per heavy atom. The molecule has 0 unspecified atom stereocenters. The molecule has 0 atom stereocenters. The largest absolute Gasteiger partial charge is 0.298 e. The van der Waals surface area contributed by atoms with Crippen molar-refractivity contribution in [3.05, 3.63) is 30.1 Å². The van der Waals surface area contributed by atoms with E-state index >= 15 is 0 Å². The van der Waals surface area contributed by atoms with Gasteiger partial charge in [0.2, 0.25) is 0 Å². The summed E-state index contributed by atoms with van der Waals surface area (Å²) in [5.41, 5.74) is 4.16. The minimum Gasteiger partial charge on any atom is -0.298 e. The number of aromatic nitrogens is 1. The summed E-state index contributed by atoms with van der Waals surface area (Å²) in [4.78, 5) is 9.57. The smallest absolute Gasteiger partial charge is 0.0790 e. The van der Waals surface area contributed by atoms with Crippen LogP contribution in [0.5, 0.6) is 0 Å². The zero-order chi connectivity index (χ0) is 9.64. The van der Waals surface area contributed by atoms with Gasteiger partial charge in [-0.3, -0.25) is 9.82 Å². The first-order valence-corrected chi connectivity index (χ1v) is 5.22. The van der Waals surface area contributed by atoms with Crippen molar-refractivity contribution >= 4 is 0 Å². The van der Waals surface area contributed by atoms with Gasteiger partial charge < -0.3 is 0 Å². The van der Waals surface area contributed by atoms with Crippen LogP contribution in [0.25, 0.3) is 0 Å². The van der Waals surface area contributed by atoms with Crippen molar-refractivity contribution in [1.82, 2.24) is 10.5 Å². The van der Waals surface area contributed by atoms with Gasteiger partial charge >= 0.3 is 0 Å². The Kier molecular flexibility index (Phi) is 3.49. The van der Waals surface area contributed by atoms with Crippen LogP contribution >= 0.6 is 0 Å². The van der Waals surface area contributed by atoms with Crippen molar-refractivity contribution in [3.8, 4) is 0 Å². The van der Waals surface area contributed by atoms with Crippen LogP contribution < -0.4 is 5.48 Å². The van der Waals surface area contributed by atoms with Crippen molar-refractivity contribution in [1.29, 1.82) is 0 Å². The summed E-state index contributed by atoms with van der Waals surface area (Å²) < 4.78 is 0. The van der Waals surface area contributed by atoms with Gasteiger partial charge in [-0.2, -0.15) is 5.48 Å². The molecule has 1 heterocycles. The Labute approximate surface area is 84.5 Å². The molecule has 0 bridgehead atoms. The van der Waals surface area contributed by atoms with E-state index in [9.17, 15) is 0 Å².